The summed E-state index contributed by atoms with van der Waals surface area (Å²) >= 11 is 0. The Kier molecular flexibility index (Phi) is 6.01. The van der Waals surface area contributed by atoms with Crippen molar-refractivity contribution < 1.29 is 29.0 Å². The molecule has 0 aliphatic heterocycles. The van der Waals surface area contributed by atoms with Crippen LogP contribution < -0.4 is 10.6 Å². The molecule has 0 radical (unpaired) electrons. The smallest absolute Gasteiger partial charge is 0.408 e. The van der Waals surface area contributed by atoms with Gasteiger partial charge in [0.2, 0.25) is 5.91 Å². The van der Waals surface area contributed by atoms with Gasteiger partial charge in [-0.15, -0.1) is 0 Å². The standard InChI is InChI=1S/C27H30N2O6/c1-34-14-22(23(30)31)28-24(32)27(15-26(16-27)11-6-12-26)29-25(33)35-13-21-19-9-4-2-7-17(19)18-8-3-5-10-20(18)21/h2-5,7-10,21-22H,6,11-16H2,1H3,(H,28,32)(H,29,33)(H,30,31). The molecule has 1 atom stereocenters. The van der Waals surface area contributed by atoms with Gasteiger partial charge in [-0.2, -0.15) is 0 Å². The molecule has 2 amide bonds. The highest BCUT2D eigenvalue weighted by Gasteiger charge is 2.62. The van der Waals surface area contributed by atoms with Crippen LogP contribution >= 0.6 is 0 Å². The van der Waals surface area contributed by atoms with E-state index in [0.717, 1.165) is 41.5 Å². The molecule has 1 unspecified atom stereocenters. The maximum Gasteiger partial charge on any atom is 0.408 e. The van der Waals surface area contributed by atoms with E-state index in [1.54, 1.807) is 0 Å². The third-order valence-corrected chi connectivity index (χ3v) is 7.82. The third-order valence-electron chi connectivity index (χ3n) is 7.82. The second kappa shape index (κ2) is 9.00. The van der Waals surface area contributed by atoms with Crippen molar-refractivity contribution in [2.75, 3.05) is 20.3 Å². The van der Waals surface area contributed by atoms with E-state index in [2.05, 4.69) is 22.8 Å². The van der Waals surface area contributed by atoms with E-state index < -0.39 is 29.6 Å². The van der Waals surface area contributed by atoms with Gasteiger partial charge in [0.15, 0.2) is 6.04 Å². The number of carboxylic acids is 1. The molecule has 0 saturated heterocycles. The quantitative estimate of drug-likeness (QED) is 0.536. The van der Waals surface area contributed by atoms with Gasteiger partial charge in [-0.1, -0.05) is 55.0 Å². The van der Waals surface area contributed by atoms with E-state index in [1.807, 2.05) is 36.4 Å². The first-order chi connectivity index (χ1) is 16.9. The zero-order valence-corrected chi connectivity index (χ0v) is 19.7. The summed E-state index contributed by atoms with van der Waals surface area (Å²) in [6.07, 6.45) is 3.41. The molecule has 8 nitrogen and oxygen atoms in total. The Bertz CT molecular complexity index is 1100. The molecule has 35 heavy (non-hydrogen) atoms. The Hall–Kier alpha value is -3.39. The molecule has 1 spiro atoms. The molecular weight excluding hydrogens is 448 g/mol. The van der Waals surface area contributed by atoms with Gasteiger partial charge in [0.05, 0.1) is 6.61 Å². The van der Waals surface area contributed by atoms with Gasteiger partial charge < -0.3 is 25.2 Å². The molecule has 8 heteroatoms. The zero-order valence-electron chi connectivity index (χ0n) is 19.7. The molecule has 3 aliphatic carbocycles. The third kappa shape index (κ3) is 4.16. The van der Waals surface area contributed by atoms with E-state index in [-0.39, 0.29) is 24.5 Å². The minimum absolute atomic E-state index is 0.0495. The second-order valence-electron chi connectivity index (χ2n) is 10.1. The number of aliphatic carboxylic acids is 1. The summed E-state index contributed by atoms with van der Waals surface area (Å²) in [7, 11) is 1.37. The fraction of sp³-hybridized carbons (Fsp3) is 0.444. The van der Waals surface area contributed by atoms with Crippen molar-refractivity contribution in [1.82, 2.24) is 10.6 Å². The Morgan fingerprint density at radius 1 is 1.03 bits per heavy atom. The number of nitrogens with one attached hydrogen (secondary N) is 2. The van der Waals surface area contributed by atoms with E-state index in [9.17, 15) is 19.5 Å². The Labute approximate surface area is 204 Å². The number of ether oxygens (including phenoxy) is 2. The molecule has 0 heterocycles. The van der Waals surface area contributed by atoms with Crippen LogP contribution in [0.25, 0.3) is 11.1 Å². The van der Waals surface area contributed by atoms with Crippen molar-refractivity contribution in [3.05, 3.63) is 59.7 Å². The van der Waals surface area contributed by atoms with Gasteiger partial charge in [-0.25, -0.2) is 9.59 Å². The number of carbonyl (C=O) groups excluding carboxylic acids is 2. The van der Waals surface area contributed by atoms with Crippen molar-refractivity contribution in [3.63, 3.8) is 0 Å². The number of benzene rings is 2. The van der Waals surface area contributed by atoms with Gasteiger partial charge >= 0.3 is 12.1 Å². The summed E-state index contributed by atoms with van der Waals surface area (Å²) in [5, 5.41) is 14.8. The monoisotopic (exact) mass is 478 g/mol. The molecule has 3 aliphatic rings. The fourth-order valence-corrected chi connectivity index (χ4v) is 6.03. The van der Waals surface area contributed by atoms with Crippen molar-refractivity contribution in [2.45, 2.75) is 49.6 Å². The van der Waals surface area contributed by atoms with Gasteiger partial charge in [0.25, 0.3) is 0 Å². The number of methoxy groups -OCH3 is 1. The molecule has 3 N–H and O–H groups in total. The predicted molar refractivity (Wildman–Crippen MR) is 128 cm³/mol. The lowest BCUT2D eigenvalue weighted by Crippen LogP contribution is -2.71. The molecule has 184 valence electrons. The maximum absolute atomic E-state index is 13.2. The normalized spacial score (nSPS) is 19.5. The topological polar surface area (TPSA) is 114 Å². The molecule has 2 fully saturated rings. The largest absolute Gasteiger partial charge is 0.480 e. The van der Waals surface area contributed by atoms with Gasteiger partial charge in [0.1, 0.15) is 12.1 Å². The Balaban J connectivity index is 1.28. The van der Waals surface area contributed by atoms with Crippen molar-refractivity contribution in [1.29, 1.82) is 0 Å². The van der Waals surface area contributed by atoms with Crippen LogP contribution in [0.3, 0.4) is 0 Å². The number of carboxylic acid groups (broad SMARTS) is 1. The van der Waals surface area contributed by atoms with Crippen molar-refractivity contribution >= 4 is 18.0 Å². The van der Waals surface area contributed by atoms with E-state index in [0.29, 0.717) is 12.8 Å². The average molecular weight is 479 g/mol. The van der Waals surface area contributed by atoms with Crippen molar-refractivity contribution in [2.24, 2.45) is 5.41 Å². The second-order valence-corrected chi connectivity index (χ2v) is 10.1. The molecule has 0 aromatic heterocycles. The predicted octanol–water partition coefficient (Wildman–Crippen LogP) is 3.44. The highest BCUT2D eigenvalue weighted by Crippen LogP contribution is 2.60. The SMILES string of the molecule is COCC(NC(=O)C1(NC(=O)OCC2c3ccccc3-c3ccccc32)CC2(CCC2)C1)C(=O)O. The number of carbonyl (C=O) groups is 3. The minimum atomic E-state index is -1.19. The van der Waals surface area contributed by atoms with Crippen LogP contribution in [-0.4, -0.2) is 55.0 Å². The van der Waals surface area contributed by atoms with E-state index >= 15 is 0 Å². The minimum Gasteiger partial charge on any atom is -0.480 e. The summed E-state index contributed by atoms with van der Waals surface area (Å²) < 4.78 is 10.6. The number of rotatable bonds is 8. The number of amides is 2. The molecule has 2 aromatic rings. The fourth-order valence-electron chi connectivity index (χ4n) is 6.03. The molecule has 0 bridgehead atoms. The molecule has 2 aromatic carbocycles. The zero-order chi connectivity index (χ0) is 24.6. The lowest BCUT2D eigenvalue weighted by atomic mass is 9.48. The van der Waals surface area contributed by atoms with E-state index in [1.165, 1.54) is 7.11 Å². The molecule has 5 rings (SSSR count). The summed E-state index contributed by atoms with van der Waals surface area (Å²) in [6, 6.07) is 15.0. The summed E-state index contributed by atoms with van der Waals surface area (Å²) in [6.45, 7) is -0.0165. The molecular formula is C27H30N2O6. The van der Waals surface area contributed by atoms with Crippen LogP contribution in [0, 0.1) is 5.41 Å². The Morgan fingerprint density at radius 3 is 2.14 bits per heavy atom. The van der Waals surface area contributed by atoms with Crippen LogP contribution in [0.15, 0.2) is 48.5 Å². The van der Waals surface area contributed by atoms with Crippen LogP contribution in [-0.2, 0) is 19.1 Å². The number of fused-ring (bicyclic) bond motifs is 3. The number of hydrogen-bond acceptors (Lipinski definition) is 5. The average Bonchev–Trinajstić information content (AvgIpc) is 3.12. The first-order valence-corrected chi connectivity index (χ1v) is 12.0. The van der Waals surface area contributed by atoms with Gasteiger partial charge in [-0.3, -0.25) is 4.79 Å². The number of hydrogen-bond donors (Lipinski definition) is 3. The maximum atomic E-state index is 13.2. The highest BCUT2D eigenvalue weighted by atomic mass is 16.5. The molecule has 2 saturated carbocycles. The lowest BCUT2D eigenvalue weighted by Gasteiger charge is -2.59. The Morgan fingerprint density at radius 2 is 1.63 bits per heavy atom. The van der Waals surface area contributed by atoms with E-state index in [4.69, 9.17) is 9.47 Å². The summed E-state index contributed by atoms with van der Waals surface area (Å²) in [4.78, 5) is 37.7. The first kappa shape index (κ1) is 23.4. The first-order valence-electron chi connectivity index (χ1n) is 12.0. The van der Waals surface area contributed by atoms with Crippen LogP contribution in [0.1, 0.15) is 49.1 Å². The van der Waals surface area contributed by atoms with Gasteiger partial charge in [0, 0.05) is 13.0 Å². The van der Waals surface area contributed by atoms with Crippen LogP contribution in [0.2, 0.25) is 0 Å². The highest BCUT2D eigenvalue weighted by molar-refractivity contribution is 5.94. The van der Waals surface area contributed by atoms with Crippen molar-refractivity contribution in [3.8, 4) is 11.1 Å². The number of alkyl carbamates (subject to hydrolysis) is 1. The summed E-state index contributed by atoms with van der Waals surface area (Å²) in [5.41, 5.74) is 3.36. The lowest BCUT2D eigenvalue weighted by molar-refractivity contribution is -0.151. The van der Waals surface area contributed by atoms with Crippen LogP contribution in [0.4, 0.5) is 4.79 Å². The van der Waals surface area contributed by atoms with Crippen LogP contribution in [0.5, 0.6) is 0 Å². The van der Waals surface area contributed by atoms with Gasteiger partial charge in [-0.05, 0) is 53.4 Å². The summed E-state index contributed by atoms with van der Waals surface area (Å²) in [5.74, 6) is -1.78.